The summed E-state index contributed by atoms with van der Waals surface area (Å²) in [6.45, 7) is 1.66. The van der Waals surface area contributed by atoms with Gasteiger partial charge in [-0.25, -0.2) is 13.1 Å². The number of anilines is 1. The molecule has 1 aromatic heterocycles. The van der Waals surface area contributed by atoms with Crippen molar-refractivity contribution in [3.63, 3.8) is 0 Å². The minimum atomic E-state index is -3.74. The molecule has 0 aliphatic carbocycles. The molecule has 3 rings (SSSR count). The zero-order valence-corrected chi connectivity index (χ0v) is 13.1. The largest absolute Gasteiger partial charge is 0.482 e. The van der Waals surface area contributed by atoms with Crippen LogP contribution in [0.1, 0.15) is 18.5 Å². The van der Waals surface area contributed by atoms with E-state index in [0.29, 0.717) is 11.4 Å². The van der Waals surface area contributed by atoms with E-state index in [1.807, 2.05) is 0 Å². The van der Waals surface area contributed by atoms with Crippen LogP contribution in [0.2, 0.25) is 0 Å². The molecule has 1 aliphatic heterocycles. The van der Waals surface area contributed by atoms with Crippen molar-refractivity contribution < 1.29 is 17.9 Å². The molecule has 0 fully saturated rings. The van der Waals surface area contributed by atoms with Crippen molar-refractivity contribution in [2.24, 2.45) is 0 Å². The smallest absolute Gasteiger partial charge is 0.262 e. The number of carbonyl (C=O) groups is 1. The van der Waals surface area contributed by atoms with E-state index in [0.717, 1.165) is 5.56 Å². The first-order valence-electron chi connectivity index (χ1n) is 6.95. The van der Waals surface area contributed by atoms with Gasteiger partial charge in [0.1, 0.15) is 5.75 Å². The average molecular weight is 333 g/mol. The number of nitrogens with zero attached hydrogens (tertiary/aromatic N) is 1. The highest BCUT2D eigenvalue weighted by molar-refractivity contribution is 7.89. The van der Waals surface area contributed by atoms with E-state index in [2.05, 4.69) is 15.0 Å². The quantitative estimate of drug-likeness (QED) is 0.882. The van der Waals surface area contributed by atoms with Crippen LogP contribution in [-0.4, -0.2) is 25.9 Å². The van der Waals surface area contributed by atoms with E-state index < -0.39 is 16.1 Å². The molecule has 1 atom stereocenters. The first-order chi connectivity index (χ1) is 11.0. The molecular formula is C15H15N3O4S. The molecule has 1 aliphatic rings. The number of aromatic nitrogens is 1. The summed E-state index contributed by atoms with van der Waals surface area (Å²) < 4.78 is 32.8. The highest BCUT2D eigenvalue weighted by atomic mass is 32.2. The number of rotatable bonds is 4. The van der Waals surface area contributed by atoms with E-state index >= 15 is 0 Å². The third-order valence-corrected chi connectivity index (χ3v) is 4.95. The Morgan fingerprint density at radius 3 is 2.91 bits per heavy atom. The van der Waals surface area contributed by atoms with Gasteiger partial charge in [0.05, 0.1) is 10.6 Å². The maximum atomic E-state index is 12.5. The van der Waals surface area contributed by atoms with E-state index in [1.165, 1.54) is 18.2 Å². The predicted octanol–water partition coefficient (Wildman–Crippen LogP) is 1.45. The van der Waals surface area contributed by atoms with Crippen molar-refractivity contribution in [3.05, 3.63) is 48.3 Å². The summed E-state index contributed by atoms with van der Waals surface area (Å²) in [5.74, 6) is 0.132. The van der Waals surface area contributed by atoms with Crippen LogP contribution in [0.5, 0.6) is 5.75 Å². The Balaban J connectivity index is 1.85. The lowest BCUT2D eigenvalue weighted by atomic mass is 10.2. The first-order valence-corrected chi connectivity index (χ1v) is 8.43. The summed E-state index contributed by atoms with van der Waals surface area (Å²) in [5.41, 5.74) is 1.10. The Morgan fingerprint density at radius 2 is 2.17 bits per heavy atom. The number of hydrogen-bond donors (Lipinski definition) is 2. The lowest BCUT2D eigenvalue weighted by Gasteiger charge is -2.19. The van der Waals surface area contributed by atoms with Gasteiger partial charge in [0.25, 0.3) is 5.91 Å². The van der Waals surface area contributed by atoms with Gasteiger partial charge in [-0.3, -0.25) is 9.78 Å². The molecule has 8 heteroatoms. The summed E-state index contributed by atoms with van der Waals surface area (Å²) in [4.78, 5) is 15.4. The number of amides is 1. The maximum Gasteiger partial charge on any atom is 0.262 e. The first kappa shape index (κ1) is 15.4. The average Bonchev–Trinajstić information content (AvgIpc) is 2.54. The molecule has 2 heterocycles. The second kappa shape index (κ2) is 5.98. The number of sulfonamides is 1. The summed E-state index contributed by atoms with van der Waals surface area (Å²) in [6, 6.07) is 7.44. The maximum absolute atomic E-state index is 12.5. The summed E-state index contributed by atoms with van der Waals surface area (Å²) in [6.07, 6.45) is 3.23. The van der Waals surface area contributed by atoms with E-state index in [4.69, 9.17) is 4.74 Å². The van der Waals surface area contributed by atoms with Gasteiger partial charge in [-0.15, -0.1) is 0 Å². The molecule has 7 nitrogen and oxygen atoms in total. The van der Waals surface area contributed by atoms with Crippen LogP contribution in [0, 0.1) is 0 Å². The zero-order valence-electron chi connectivity index (χ0n) is 12.3. The van der Waals surface area contributed by atoms with Crippen molar-refractivity contribution in [2.45, 2.75) is 17.9 Å². The van der Waals surface area contributed by atoms with Crippen LogP contribution in [0.15, 0.2) is 47.6 Å². The van der Waals surface area contributed by atoms with Gasteiger partial charge in [-0.1, -0.05) is 6.07 Å². The van der Waals surface area contributed by atoms with Gasteiger partial charge >= 0.3 is 0 Å². The van der Waals surface area contributed by atoms with Crippen molar-refractivity contribution in [1.29, 1.82) is 0 Å². The van der Waals surface area contributed by atoms with Gasteiger partial charge in [-0.2, -0.15) is 0 Å². The Hall–Kier alpha value is -2.45. The second-order valence-electron chi connectivity index (χ2n) is 5.12. The number of fused-ring (bicyclic) bond motifs is 1. The number of ether oxygens (including phenoxy) is 1. The van der Waals surface area contributed by atoms with E-state index in [-0.39, 0.29) is 17.4 Å². The van der Waals surface area contributed by atoms with Gasteiger partial charge in [0, 0.05) is 18.4 Å². The van der Waals surface area contributed by atoms with Crippen LogP contribution in [0.25, 0.3) is 0 Å². The molecular weight excluding hydrogens is 318 g/mol. The minimum Gasteiger partial charge on any atom is -0.482 e. The van der Waals surface area contributed by atoms with Crippen LogP contribution >= 0.6 is 0 Å². The van der Waals surface area contributed by atoms with Crippen molar-refractivity contribution >= 4 is 21.6 Å². The van der Waals surface area contributed by atoms with Crippen LogP contribution < -0.4 is 14.8 Å². The number of pyridine rings is 1. The Bertz CT molecular complexity index is 837. The fraction of sp³-hybridized carbons (Fsp3) is 0.200. The van der Waals surface area contributed by atoms with Crippen LogP contribution in [-0.2, 0) is 14.8 Å². The normalized spacial score (nSPS) is 15.3. The standard InChI is InChI=1S/C15H15N3O4S/c1-10(11-3-2-6-16-8-11)18-23(20,21)12-4-5-14-13(7-12)17-15(19)9-22-14/h2-8,10,18H,9H2,1H3,(H,17,19). The van der Waals surface area contributed by atoms with Gasteiger partial charge in [0.15, 0.2) is 6.61 Å². The second-order valence-corrected chi connectivity index (χ2v) is 6.84. The summed E-state index contributed by atoms with van der Waals surface area (Å²) in [7, 11) is -3.74. The zero-order chi connectivity index (χ0) is 16.4. The molecule has 0 radical (unpaired) electrons. The van der Waals surface area contributed by atoms with Gasteiger partial charge in [0.2, 0.25) is 10.0 Å². The SMILES string of the molecule is CC(NS(=O)(=O)c1ccc2c(c1)NC(=O)CO2)c1cccnc1. The molecule has 120 valence electrons. The van der Waals surface area contributed by atoms with Crippen LogP contribution in [0.4, 0.5) is 5.69 Å². The molecule has 2 N–H and O–H groups in total. The molecule has 0 saturated carbocycles. The van der Waals surface area contributed by atoms with Crippen molar-refractivity contribution in [2.75, 3.05) is 11.9 Å². The molecule has 1 amide bonds. The fourth-order valence-electron chi connectivity index (χ4n) is 2.23. The molecule has 0 saturated heterocycles. The molecule has 2 aromatic rings. The molecule has 1 aromatic carbocycles. The monoisotopic (exact) mass is 333 g/mol. The van der Waals surface area contributed by atoms with E-state index in [9.17, 15) is 13.2 Å². The van der Waals surface area contributed by atoms with Gasteiger partial charge < -0.3 is 10.1 Å². The molecule has 23 heavy (non-hydrogen) atoms. The minimum absolute atomic E-state index is 0.0535. The fourth-order valence-corrected chi connectivity index (χ4v) is 3.49. The topological polar surface area (TPSA) is 97.4 Å². The van der Waals surface area contributed by atoms with Crippen LogP contribution in [0.3, 0.4) is 0 Å². The van der Waals surface area contributed by atoms with E-state index in [1.54, 1.807) is 31.5 Å². The van der Waals surface area contributed by atoms with Crippen molar-refractivity contribution in [1.82, 2.24) is 9.71 Å². The van der Waals surface area contributed by atoms with Gasteiger partial charge in [-0.05, 0) is 36.8 Å². The Labute approximate surface area is 133 Å². The molecule has 1 unspecified atom stereocenters. The highest BCUT2D eigenvalue weighted by Gasteiger charge is 2.22. The number of carbonyl (C=O) groups excluding carboxylic acids is 1. The Morgan fingerprint density at radius 1 is 1.35 bits per heavy atom. The summed E-state index contributed by atoms with van der Waals surface area (Å²) in [5, 5.41) is 2.59. The molecule has 0 spiro atoms. The number of hydrogen-bond acceptors (Lipinski definition) is 5. The third kappa shape index (κ3) is 3.33. The Kier molecular flexibility index (Phi) is 4.01. The lowest BCUT2D eigenvalue weighted by molar-refractivity contribution is -0.118. The lowest BCUT2D eigenvalue weighted by Crippen LogP contribution is -2.28. The third-order valence-electron chi connectivity index (χ3n) is 3.41. The van der Waals surface area contributed by atoms with Crippen molar-refractivity contribution in [3.8, 4) is 5.75 Å². The predicted molar refractivity (Wildman–Crippen MR) is 83.5 cm³/mol. The number of benzene rings is 1. The number of nitrogens with one attached hydrogen (secondary N) is 2. The highest BCUT2D eigenvalue weighted by Crippen LogP contribution is 2.30. The summed E-state index contributed by atoms with van der Waals surface area (Å²) >= 11 is 0. The molecule has 0 bridgehead atoms.